The molecule has 0 N–H and O–H groups in total. The number of piperazine rings is 1. The second-order valence-corrected chi connectivity index (χ2v) is 7.19. The summed E-state index contributed by atoms with van der Waals surface area (Å²) in [6.07, 6.45) is 0. The van der Waals surface area contributed by atoms with Crippen LogP contribution < -0.4 is 4.90 Å². The maximum absolute atomic E-state index is 6.12. The number of rotatable bonds is 3. The van der Waals surface area contributed by atoms with E-state index in [2.05, 4.69) is 34.1 Å². The zero-order valence-electron chi connectivity index (χ0n) is 13.8. The van der Waals surface area contributed by atoms with E-state index < -0.39 is 0 Å². The molecule has 2 heterocycles. The molecule has 0 radical (unpaired) electrons. The molecule has 0 bridgehead atoms. The number of halogens is 2. The SMILES string of the molecule is Clc1ccc(CN2CCN(c3ccc4ccccc4n3)CC2)cc1Cl. The molecule has 0 spiro atoms. The molecule has 1 aliphatic heterocycles. The summed E-state index contributed by atoms with van der Waals surface area (Å²) in [6.45, 7) is 4.87. The number of pyridine rings is 1. The first-order chi connectivity index (χ1) is 12.2. The van der Waals surface area contributed by atoms with Crippen LogP contribution >= 0.6 is 23.2 Å². The summed E-state index contributed by atoms with van der Waals surface area (Å²) in [5.74, 6) is 1.06. The normalized spacial score (nSPS) is 15.7. The molecule has 3 nitrogen and oxygen atoms in total. The summed E-state index contributed by atoms with van der Waals surface area (Å²) in [5.41, 5.74) is 2.25. The van der Waals surface area contributed by atoms with Crippen molar-refractivity contribution in [2.75, 3.05) is 31.1 Å². The molecular formula is C20H19Cl2N3. The third-order valence-electron chi connectivity index (χ3n) is 4.67. The Morgan fingerprint density at radius 2 is 1.64 bits per heavy atom. The lowest BCUT2D eigenvalue weighted by atomic mass is 10.2. The Hall–Kier alpha value is -1.81. The van der Waals surface area contributed by atoms with E-state index in [4.69, 9.17) is 28.2 Å². The molecule has 2 aromatic carbocycles. The quantitative estimate of drug-likeness (QED) is 0.654. The summed E-state index contributed by atoms with van der Waals surface area (Å²) in [6, 6.07) is 18.4. The summed E-state index contributed by atoms with van der Waals surface area (Å²) in [5, 5.41) is 2.42. The smallest absolute Gasteiger partial charge is 0.129 e. The van der Waals surface area contributed by atoms with Crippen molar-refractivity contribution in [1.82, 2.24) is 9.88 Å². The van der Waals surface area contributed by atoms with Gasteiger partial charge in [0.05, 0.1) is 15.6 Å². The standard InChI is InChI=1S/C20H19Cl2N3/c21-17-7-5-15(13-18(17)22)14-24-9-11-25(12-10-24)20-8-6-16-3-1-2-4-19(16)23-20/h1-8,13H,9-12,14H2. The molecule has 0 saturated carbocycles. The molecule has 0 aliphatic carbocycles. The maximum Gasteiger partial charge on any atom is 0.129 e. The van der Waals surface area contributed by atoms with Gasteiger partial charge in [-0.05, 0) is 35.9 Å². The Balaban J connectivity index is 1.41. The number of hydrogen-bond acceptors (Lipinski definition) is 3. The number of anilines is 1. The third-order valence-corrected chi connectivity index (χ3v) is 5.41. The maximum atomic E-state index is 6.12. The summed E-state index contributed by atoms with van der Waals surface area (Å²) >= 11 is 12.1. The molecule has 0 unspecified atom stereocenters. The van der Waals surface area contributed by atoms with Crippen LogP contribution in [-0.2, 0) is 6.54 Å². The minimum atomic E-state index is 0.609. The Bertz CT molecular complexity index is 889. The highest BCUT2D eigenvalue weighted by Gasteiger charge is 2.18. The van der Waals surface area contributed by atoms with E-state index in [-0.39, 0.29) is 0 Å². The van der Waals surface area contributed by atoms with Gasteiger partial charge in [-0.25, -0.2) is 4.98 Å². The van der Waals surface area contributed by atoms with E-state index in [1.54, 1.807) is 0 Å². The Morgan fingerprint density at radius 3 is 2.44 bits per heavy atom. The van der Waals surface area contributed by atoms with Crippen LogP contribution in [0.2, 0.25) is 10.0 Å². The van der Waals surface area contributed by atoms with E-state index in [1.165, 1.54) is 10.9 Å². The zero-order chi connectivity index (χ0) is 17.2. The second-order valence-electron chi connectivity index (χ2n) is 6.37. The van der Waals surface area contributed by atoms with Crippen molar-refractivity contribution in [1.29, 1.82) is 0 Å². The van der Waals surface area contributed by atoms with Gasteiger partial charge in [-0.3, -0.25) is 4.90 Å². The predicted octanol–water partition coefficient (Wildman–Crippen LogP) is 4.86. The fourth-order valence-electron chi connectivity index (χ4n) is 3.26. The molecule has 1 aliphatic rings. The number of hydrogen-bond donors (Lipinski definition) is 0. The van der Waals surface area contributed by atoms with Gasteiger partial charge in [0.15, 0.2) is 0 Å². The highest BCUT2D eigenvalue weighted by Crippen LogP contribution is 2.24. The molecule has 1 fully saturated rings. The Labute approximate surface area is 157 Å². The van der Waals surface area contributed by atoms with E-state index in [0.29, 0.717) is 10.0 Å². The number of fused-ring (bicyclic) bond motifs is 1. The number of benzene rings is 2. The average Bonchev–Trinajstić information content (AvgIpc) is 2.65. The number of nitrogens with zero attached hydrogens (tertiary/aromatic N) is 3. The zero-order valence-corrected chi connectivity index (χ0v) is 15.3. The topological polar surface area (TPSA) is 19.4 Å². The molecule has 25 heavy (non-hydrogen) atoms. The van der Waals surface area contributed by atoms with Crippen molar-refractivity contribution in [3.05, 3.63) is 70.2 Å². The first-order valence-corrected chi connectivity index (χ1v) is 9.22. The first kappa shape index (κ1) is 16.6. The van der Waals surface area contributed by atoms with E-state index >= 15 is 0 Å². The van der Waals surface area contributed by atoms with Gasteiger partial charge < -0.3 is 4.90 Å². The van der Waals surface area contributed by atoms with Crippen molar-refractivity contribution in [3.63, 3.8) is 0 Å². The van der Waals surface area contributed by atoms with Crippen LogP contribution in [0.25, 0.3) is 10.9 Å². The molecule has 1 aromatic heterocycles. The van der Waals surface area contributed by atoms with Crippen LogP contribution in [0, 0.1) is 0 Å². The second kappa shape index (κ2) is 7.20. The molecule has 0 atom stereocenters. The van der Waals surface area contributed by atoms with Crippen molar-refractivity contribution in [3.8, 4) is 0 Å². The Kier molecular flexibility index (Phi) is 4.80. The van der Waals surface area contributed by atoms with Crippen LogP contribution in [0.15, 0.2) is 54.6 Å². The minimum absolute atomic E-state index is 0.609. The lowest BCUT2D eigenvalue weighted by Gasteiger charge is -2.35. The van der Waals surface area contributed by atoms with Gasteiger partial charge in [-0.1, -0.05) is 47.5 Å². The van der Waals surface area contributed by atoms with Crippen molar-refractivity contribution in [2.45, 2.75) is 6.54 Å². The fraction of sp³-hybridized carbons (Fsp3) is 0.250. The highest BCUT2D eigenvalue weighted by molar-refractivity contribution is 6.42. The highest BCUT2D eigenvalue weighted by atomic mass is 35.5. The number of para-hydroxylation sites is 1. The summed E-state index contributed by atoms with van der Waals surface area (Å²) < 4.78 is 0. The summed E-state index contributed by atoms with van der Waals surface area (Å²) in [7, 11) is 0. The molecule has 4 rings (SSSR count). The Morgan fingerprint density at radius 1 is 0.840 bits per heavy atom. The molecule has 5 heteroatoms. The van der Waals surface area contributed by atoms with Crippen molar-refractivity contribution < 1.29 is 0 Å². The lowest BCUT2D eigenvalue weighted by Crippen LogP contribution is -2.46. The molecular weight excluding hydrogens is 353 g/mol. The van der Waals surface area contributed by atoms with Crippen molar-refractivity contribution >= 4 is 39.9 Å². The number of aromatic nitrogens is 1. The third kappa shape index (κ3) is 3.74. The van der Waals surface area contributed by atoms with Gasteiger partial charge in [-0.2, -0.15) is 0 Å². The largest absolute Gasteiger partial charge is 0.354 e. The molecule has 1 saturated heterocycles. The van der Waals surface area contributed by atoms with Gasteiger partial charge in [0, 0.05) is 38.1 Å². The van der Waals surface area contributed by atoms with E-state index in [0.717, 1.165) is 44.1 Å². The summed E-state index contributed by atoms with van der Waals surface area (Å²) in [4.78, 5) is 9.61. The first-order valence-electron chi connectivity index (χ1n) is 8.46. The molecule has 128 valence electrons. The van der Waals surface area contributed by atoms with Crippen LogP contribution in [-0.4, -0.2) is 36.1 Å². The van der Waals surface area contributed by atoms with Crippen LogP contribution in [0.3, 0.4) is 0 Å². The van der Waals surface area contributed by atoms with Crippen LogP contribution in [0.4, 0.5) is 5.82 Å². The molecule has 3 aromatic rings. The van der Waals surface area contributed by atoms with E-state index in [9.17, 15) is 0 Å². The molecule has 0 amide bonds. The van der Waals surface area contributed by atoms with Crippen molar-refractivity contribution in [2.24, 2.45) is 0 Å². The van der Waals surface area contributed by atoms with Gasteiger partial charge >= 0.3 is 0 Å². The van der Waals surface area contributed by atoms with Gasteiger partial charge in [0.1, 0.15) is 5.82 Å². The average molecular weight is 372 g/mol. The van der Waals surface area contributed by atoms with Crippen LogP contribution in [0.5, 0.6) is 0 Å². The minimum Gasteiger partial charge on any atom is -0.354 e. The fourth-order valence-corrected chi connectivity index (χ4v) is 3.58. The van der Waals surface area contributed by atoms with Gasteiger partial charge in [-0.15, -0.1) is 0 Å². The lowest BCUT2D eigenvalue weighted by molar-refractivity contribution is 0.249. The predicted molar refractivity (Wildman–Crippen MR) is 106 cm³/mol. The monoisotopic (exact) mass is 371 g/mol. The van der Waals surface area contributed by atoms with Crippen LogP contribution in [0.1, 0.15) is 5.56 Å². The van der Waals surface area contributed by atoms with E-state index in [1.807, 2.05) is 30.3 Å². The van der Waals surface area contributed by atoms with Gasteiger partial charge in [0.25, 0.3) is 0 Å². The van der Waals surface area contributed by atoms with Gasteiger partial charge in [0.2, 0.25) is 0 Å².